The Morgan fingerprint density at radius 2 is 1.32 bits per heavy atom. The highest BCUT2D eigenvalue weighted by Gasteiger charge is 2.34. The largest absolute Gasteiger partial charge is 0.467 e. The van der Waals surface area contributed by atoms with E-state index in [1.54, 1.807) is 27.7 Å². The van der Waals surface area contributed by atoms with Gasteiger partial charge in [0.05, 0.1) is 19.6 Å². The molecule has 0 unspecified atom stereocenters. The Hall–Kier alpha value is -2.73. The van der Waals surface area contributed by atoms with Crippen LogP contribution in [0.1, 0.15) is 41.0 Å². The van der Waals surface area contributed by atoms with Crippen LogP contribution in [0.5, 0.6) is 0 Å². The first-order valence-corrected chi connectivity index (χ1v) is 9.93. The lowest BCUT2D eigenvalue weighted by Crippen LogP contribution is -2.60. The maximum absolute atomic E-state index is 12.8. The zero-order valence-corrected chi connectivity index (χ0v) is 18.8. The maximum Gasteiger partial charge on any atom is 0.328 e. The lowest BCUT2D eigenvalue weighted by atomic mass is 9.99. The molecule has 178 valence electrons. The number of hydrogen-bond donors (Lipinski definition) is 6. The molecule has 0 aliphatic carbocycles. The van der Waals surface area contributed by atoms with Crippen LogP contribution in [0.15, 0.2) is 0 Å². The smallest absolute Gasteiger partial charge is 0.328 e. The van der Waals surface area contributed by atoms with Crippen molar-refractivity contribution < 1.29 is 33.8 Å². The zero-order valence-electron chi connectivity index (χ0n) is 18.8. The molecule has 12 nitrogen and oxygen atoms in total. The third-order valence-corrected chi connectivity index (χ3v) is 4.53. The molecule has 4 amide bonds. The van der Waals surface area contributed by atoms with Gasteiger partial charge in [0.25, 0.3) is 0 Å². The van der Waals surface area contributed by atoms with Crippen molar-refractivity contribution in [2.75, 3.05) is 7.11 Å². The monoisotopic (exact) mass is 445 g/mol. The topological polar surface area (TPSA) is 203 Å². The van der Waals surface area contributed by atoms with E-state index in [9.17, 15) is 29.1 Å². The molecule has 0 radical (unpaired) electrons. The molecule has 0 heterocycles. The van der Waals surface area contributed by atoms with Crippen LogP contribution in [0, 0.1) is 11.8 Å². The molecule has 0 aromatic heterocycles. The van der Waals surface area contributed by atoms with Crippen molar-refractivity contribution in [2.24, 2.45) is 23.3 Å². The number of nitrogens with one attached hydrogen (secondary N) is 3. The minimum absolute atomic E-state index is 0.274. The number of primary amides is 1. The van der Waals surface area contributed by atoms with Crippen LogP contribution < -0.4 is 27.4 Å². The maximum atomic E-state index is 12.8. The van der Waals surface area contributed by atoms with E-state index < -0.39 is 72.2 Å². The number of ether oxygens (including phenoxy) is 1. The Bertz CT molecular complexity index is 666. The minimum atomic E-state index is -1.41. The normalized spacial score (nSPS) is 15.9. The van der Waals surface area contributed by atoms with Gasteiger partial charge in [-0.15, -0.1) is 0 Å². The van der Waals surface area contributed by atoms with E-state index in [1.165, 1.54) is 14.0 Å². The Morgan fingerprint density at radius 1 is 0.839 bits per heavy atom. The van der Waals surface area contributed by atoms with Crippen molar-refractivity contribution in [2.45, 2.75) is 71.3 Å². The summed E-state index contributed by atoms with van der Waals surface area (Å²) in [6.45, 7) is 8.05. The van der Waals surface area contributed by atoms with Crippen LogP contribution in [0.2, 0.25) is 0 Å². The Labute approximate surface area is 181 Å². The second kappa shape index (κ2) is 12.8. The SMILES string of the molecule is COC(=O)[C@H](NC(=O)[C@H](NC(=O)[C@@H](CC(N)=O)NC(=O)[C@H](N)[C@@H](C)O)C(C)C)C(C)C. The van der Waals surface area contributed by atoms with Gasteiger partial charge in [-0.3, -0.25) is 19.2 Å². The molecule has 0 rings (SSSR count). The second-order valence-corrected chi connectivity index (χ2v) is 7.98. The number of aliphatic hydroxyl groups excluding tert-OH is 1. The van der Waals surface area contributed by atoms with Gasteiger partial charge in [0.2, 0.25) is 23.6 Å². The highest BCUT2D eigenvalue weighted by atomic mass is 16.5. The summed E-state index contributed by atoms with van der Waals surface area (Å²) in [4.78, 5) is 60.9. The van der Waals surface area contributed by atoms with Crippen LogP contribution in [0.3, 0.4) is 0 Å². The quantitative estimate of drug-likeness (QED) is 0.177. The van der Waals surface area contributed by atoms with Crippen LogP contribution >= 0.6 is 0 Å². The molecular weight excluding hydrogens is 410 g/mol. The summed E-state index contributed by atoms with van der Waals surface area (Å²) in [7, 11) is 1.20. The Kier molecular flexibility index (Phi) is 11.7. The van der Waals surface area contributed by atoms with E-state index in [4.69, 9.17) is 16.2 Å². The number of aliphatic hydroxyl groups is 1. The summed E-state index contributed by atoms with van der Waals surface area (Å²) >= 11 is 0. The van der Waals surface area contributed by atoms with E-state index in [0.29, 0.717) is 0 Å². The summed E-state index contributed by atoms with van der Waals surface area (Å²) in [5, 5.41) is 16.7. The van der Waals surface area contributed by atoms with Gasteiger partial charge >= 0.3 is 5.97 Å². The lowest BCUT2D eigenvalue weighted by molar-refractivity contribution is -0.147. The summed E-state index contributed by atoms with van der Waals surface area (Å²) in [6.07, 6.45) is -1.74. The molecule has 0 saturated carbocycles. The molecule has 31 heavy (non-hydrogen) atoms. The molecule has 5 atom stereocenters. The number of hydrogen-bond acceptors (Lipinski definition) is 8. The van der Waals surface area contributed by atoms with Crippen molar-refractivity contribution in [3.05, 3.63) is 0 Å². The number of amides is 4. The van der Waals surface area contributed by atoms with Gasteiger partial charge in [-0.2, -0.15) is 0 Å². The first-order valence-electron chi connectivity index (χ1n) is 9.93. The number of rotatable bonds is 12. The summed E-state index contributed by atoms with van der Waals surface area (Å²) in [5.74, 6) is -4.55. The predicted molar refractivity (Wildman–Crippen MR) is 111 cm³/mol. The number of methoxy groups -OCH3 is 1. The predicted octanol–water partition coefficient (Wildman–Crippen LogP) is -2.49. The van der Waals surface area contributed by atoms with E-state index in [1.807, 2.05) is 0 Å². The van der Waals surface area contributed by atoms with Crippen molar-refractivity contribution >= 4 is 29.6 Å². The second-order valence-electron chi connectivity index (χ2n) is 7.98. The molecule has 0 aliphatic rings. The van der Waals surface area contributed by atoms with Crippen LogP contribution in [0.25, 0.3) is 0 Å². The average Bonchev–Trinajstić information content (AvgIpc) is 2.66. The highest BCUT2D eigenvalue weighted by molar-refractivity contribution is 5.96. The first kappa shape index (κ1) is 28.3. The number of esters is 1. The molecule has 8 N–H and O–H groups in total. The van der Waals surface area contributed by atoms with Gasteiger partial charge in [0, 0.05) is 0 Å². The standard InChI is InChI=1S/C19H35N5O7/c1-8(2)14(18(29)24-15(9(3)4)19(30)31-6)23-16(27)11(7-12(20)26)22-17(28)13(21)10(5)25/h8-11,13-15,25H,7,21H2,1-6H3,(H2,20,26)(H,22,28)(H,23,27)(H,24,29)/t10-,11-,13-,14-,15-/m1/s1. The summed E-state index contributed by atoms with van der Waals surface area (Å²) in [6, 6.07) is -4.76. The van der Waals surface area contributed by atoms with Crippen molar-refractivity contribution in [1.29, 1.82) is 0 Å². The molecule has 0 fully saturated rings. The van der Waals surface area contributed by atoms with Gasteiger partial charge < -0.3 is 37.3 Å². The van der Waals surface area contributed by atoms with Gasteiger partial charge in [-0.05, 0) is 18.8 Å². The zero-order chi connectivity index (χ0) is 24.5. The molecule has 12 heteroatoms. The number of carbonyl (C=O) groups is 5. The molecule has 0 saturated heterocycles. The average molecular weight is 446 g/mol. The van der Waals surface area contributed by atoms with Gasteiger partial charge in [0.15, 0.2) is 0 Å². The Balaban J connectivity index is 5.50. The van der Waals surface area contributed by atoms with Crippen LogP contribution in [0.4, 0.5) is 0 Å². The first-order chi connectivity index (χ1) is 14.2. The molecule has 0 spiro atoms. The fraction of sp³-hybridized carbons (Fsp3) is 0.737. The Morgan fingerprint density at radius 3 is 1.71 bits per heavy atom. The minimum Gasteiger partial charge on any atom is -0.467 e. The molecular formula is C19H35N5O7. The third kappa shape index (κ3) is 9.30. The van der Waals surface area contributed by atoms with Gasteiger partial charge in [0.1, 0.15) is 24.2 Å². The molecule has 0 bridgehead atoms. The number of nitrogens with two attached hydrogens (primary N) is 2. The van der Waals surface area contributed by atoms with Crippen LogP contribution in [-0.4, -0.2) is 72.1 Å². The van der Waals surface area contributed by atoms with E-state index in [-0.39, 0.29) is 5.92 Å². The highest BCUT2D eigenvalue weighted by Crippen LogP contribution is 2.08. The molecule has 0 aromatic rings. The lowest BCUT2D eigenvalue weighted by Gasteiger charge is -2.28. The van der Waals surface area contributed by atoms with Gasteiger partial charge in [-0.25, -0.2) is 4.79 Å². The van der Waals surface area contributed by atoms with E-state index in [2.05, 4.69) is 16.0 Å². The van der Waals surface area contributed by atoms with Crippen LogP contribution in [-0.2, 0) is 28.7 Å². The van der Waals surface area contributed by atoms with Crippen molar-refractivity contribution in [3.8, 4) is 0 Å². The van der Waals surface area contributed by atoms with Gasteiger partial charge in [-0.1, -0.05) is 27.7 Å². The number of carbonyl (C=O) groups excluding carboxylic acids is 5. The van der Waals surface area contributed by atoms with E-state index in [0.717, 1.165) is 0 Å². The van der Waals surface area contributed by atoms with Crippen molar-refractivity contribution in [1.82, 2.24) is 16.0 Å². The summed E-state index contributed by atoms with van der Waals surface area (Å²) < 4.78 is 4.69. The van der Waals surface area contributed by atoms with Crippen molar-refractivity contribution in [3.63, 3.8) is 0 Å². The molecule has 0 aliphatic heterocycles. The fourth-order valence-electron chi connectivity index (χ4n) is 2.55. The third-order valence-electron chi connectivity index (χ3n) is 4.53. The summed E-state index contributed by atoms with van der Waals surface area (Å²) in [5.41, 5.74) is 10.7. The molecule has 0 aromatic carbocycles. The van der Waals surface area contributed by atoms with E-state index >= 15 is 0 Å². The fourth-order valence-corrected chi connectivity index (χ4v) is 2.55.